The number of ether oxygens (including phenoxy) is 1. The molecule has 0 aliphatic carbocycles. The van der Waals surface area contributed by atoms with E-state index in [1.54, 1.807) is 18.5 Å². The second-order valence-electron chi connectivity index (χ2n) is 5.29. The molecule has 2 aromatic heterocycles. The summed E-state index contributed by atoms with van der Waals surface area (Å²) in [5.74, 6) is 0.0369. The van der Waals surface area contributed by atoms with Crippen LogP contribution in [0.15, 0.2) is 64.4 Å². The van der Waals surface area contributed by atoms with Gasteiger partial charge in [0.25, 0.3) is 5.91 Å². The summed E-state index contributed by atoms with van der Waals surface area (Å²) in [6.45, 7) is 0. The standard InChI is InChI=1S/C18H13F3N2O2S2/c19-18(20,21)25-14-3-1-13(2-4-14)23-16(24)15-7-10-26-17(15)27-11-12-5-8-22-9-6-12/h1-10H,11H2,(H,23,24). The fraction of sp³-hybridized carbons (Fsp3) is 0.111. The molecule has 1 aromatic carbocycles. The first kappa shape index (κ1) is 19.2. The van der Waals surface area contributed by atoms with Gasteiger partial charge >= 0.3 is 6.36 Å². The number of nitrogens with zero attached hydrogens (tertiary/aromatic N) is 1. The van der Waals surface area contributed by atoms with Crippen molar-refractivity contribution in [3.8, 4) is 5.75 Å². The molecule has 1 N–H and O–H groups in total. The van der Waals surface area contributed by atoms with Crippen LogP contribution in [0.3, 0.4) is 0 Å². The zero-order valence-electron chi connectivity index (χ0n) is 13.7. The monoisotopic (exact) mass is 410 g/mol. The van der Waals surface area contributed by atoms with Gasteiger partial charge < -0.3 is 10.1 Å². The molecule has 9 heteroatoms. The molecule has 27 heavy (non-hydrogen) atoms. The number of pyridine rings is 1. The van der Waals surface area contributed by atoms with E-state index in [1.165, 1.54) is 35.2 Å². The van der Waals surface area contributed by atoms with Crippen LogP contribution in [0, 0.1) is 0 Å². The van der Waals surface area contributed by atoms with Crippen LogP contribution < -0.4 is 10.1 Å². The maximum Gasteiger partial charge on any atom is 0.573 e. The molecule has 0 unspecified atom stereocenters. The van der Waals surface area contributed by atoms with Gasteiger partial charge in [-0.05, 0) is 53.4 Å². The lowest BCUT2D eigenvalue weighted by molar-refractivity contribution is -0.274. The van der Waals surface area contributed by atoms with Crippen molar-refractivity contribution in [3.63, 3.8) is 0 Å². The van der Waals surface area contributed by atoms with Crippen molar-refractivity contribution in [1.29, 1.82) is 0 Å². The first-order chi connectivity index (χ1) is 12.9. The third kappa shape index (κ3) is 5.73. The van der Waals surface area contributed by atoms with E-state index in [9.17, 15) is 18.0 Å². The number of hydrogen-bond donors (Lipinski definition) is 1. The Hall–Kier alpha value is -2.52. The average Bonchev–Trinajstić information content (AvgIpc) is 3.10. The highest BCUT2D eigenvalue weighted by Gasteiger charge is 2.31. The Morgan fingerprint density at radius 1 is 1.11 bits per heavy atom. The molecule has 0 bridgehead atoms. The summed E-state index contributed by atoms with van der Waals surface area (Å²) in [6, 6.07) is 10.5. The zero-order valence-corrected chi connectivity index (χ0v) is 15.3. The SMILES string of the molecule is O=C(Nc1ccc(OC(F)(F)F)cc1)c1ccsc1SCc1ccncc1. The maximum absolute atomic E-state index is 12.5. The molecule has 3 aromatic rings. The van der Waals surface area contributed by atoms with Gasteiger partial charge in [0.1, 0.15) is 5.75 Å². The Morgan fingerprint density at radius 2 is 1.81 bits per heavy atom. The number of aromatic nitrogens is 1. The summed E-state index contributed by atoms with van der Waals surface area (Å²) in [6.07, 6.45) is -1.32. The van der Waals surface area contributed by atoms with E-state index in [0.717, 1.165) is 21.9 Å². The number of amides is 1. The number of alkyl halides is 3. The van der Waals surface area contributed by atoms with Crippen LogP contribution in [0.1, 0.15) is 15.9 Å². The molecule has 0 saturated heterocycles. The minimum atomic E-state index is -4.75. The van der Waals surface area contributed by atoms with Gasteiger partial charge in [-0.15, -0.1) is 36.3 Å². The third-order valence-corrected chi connectivity index (χ3v) is 5.65. The number of rotatable bonds is 6. The number of halogens is 3. The van der Waals surface area contributed by atoms with E-state index < -0.39 is 6.36 Å². The van der Waals surface area contributed by atoms with Gasteiger partial charge in [0.2, 0.25) is 0 Å². The minimum Gasteiger partial charge on any atom is -0.406 e. The summed E-state index contributed by atoms with van der Waals surface area (Å²) in [7, 11) is 0. The number of thioether (sulfide) groups is 1. The van der Waals surface area contributed by atoms with Crippen LogP contribution >= 0.6 is 23.1 Å². The molecular formula is C18H13F3N2O2S2. The summed E-state index contributed by atoms with van der Waals surface area (Å²) in [4.78, 5) is 16.4. The summed E-state index contributed by atoms with van der Waals surface area (Å²) >= 11 is 3.00. The molecule has 4 nitrogen and oxygen atoms in total. The van der Waals surface area contributed by atoms with Crippen LogP contribution in [-0.2, 0) is 5.75 Å². The second-order valence-corrected chi connectivity index (χ2v) is 7.45. The molecule has 3 rings (SSSR count). The fourth-order valence-electron chi connectivity index (χ4n) is 2.14. The molecule has 0 radical (unpaired) electrons. The highest BCUT2D eigenvalue weighted by Crippen LogP contribution is 2.32. The van der Waals surface area contributed by atoms with Crippen molar-refractivity contribution in [3.05, 3.63) is 71.4 Å². The molecule has 140 valence electrons. The third-order valence-electron chi connectivity index (χ3n) is 3.34. The number of carbonyl (C=O) groups is 1. The lowest BCUT2D eigenvalue weighted by Gasteiger charge is -2.10. The highest BCUT2D eigenvalue weighted by atomic mass is 32.2. The van der Waals surface area contributed by atoms with E-state index in [1.807, 2.05) is 17.5 Å². The molecule has 0 spiro atoms. The smallest absolute Gasteiger partial charge is 0.406 e. The maximum atomic E-state index is 12.5. The van der Waals surface area contributed by atoms with Crippen molar-refractivity contribution < 1.29 is 22.7 Å². The lowest BCUT2D eigenvalue weighted by atomic mass is 10.2. The number of nitrogens with one attached hydrogen (secondary N) is 1. The normalized spacial score (nSPS) is 11.2. The van der Waals surface area contributed by atoms with Crippen molar-refractivity contribution in [2.45, 2.75) is 16.3 Å². The van der Waals surface area contributed by atoms with Crippen molar-refractivity contribution in [2.24, 2.45) is 0 Å². The fourth-order valence-corrected chi connectivity index (χ4v) is 4.18. The van der Waals surface area contributed by atoms with Gasteiger partial charge in [-0.2, -0.15) is 0 Å². The van der Waals surface area contributed by atoms with E-state index >= 15 is 0 Å². The second kappa shape index (κ2) is 8.45. The van der Waals surface area contributed by atoms with E-state index in [4.69, 9.17) is 0 Å². The lowest BCUT2D eigenvalue weighted by Crippen LogP contribution is -2.17. The van der Waals surface area contributed by atoms with Crippen molar-refractivity contribution >= 4 is 34.7 Å². The van der Waals surface area contributed by atoms with Crippen LogP contribution in [0.4, 0.5) is 18.9 Å². The average molecular weight is 410 g/mol. The number of benzene rings is 1. The first-order valence-electron chi connectivity index (χ1n) is 7.67. The van der Waals surface area contributed by atoms with Crippen LogP contribution in [0.25, 0.3) is 0 Å². The van der Waals surface area contributed by atoms with Gasteiger partial charge in [0.15, 0.2) is 0 Å². The Morgan fingerprint density at radius 3 is 2.48 bits per heavy atom. The summed E-state index contributed by atoms with van der Waals surface area (Å²) in [5.41, 5.74) is 2.00. The molecule has 0 aliphatic heterocycles. The molecule has 2 heterocycles. The zero-order chi connectivity index (χ0) is 19.3. The summed E-state index contributed by atoms with van der Waals surface area (Å²) < 4.78 is 41.2. The molecular weight excluding hydrogens is 397 g/mol. The van der Waals surface area contributed by atoms with Crippen LogP contribution in [0.2, 0.25) is 0 Å². The Bertz CT molecular complexity index is 897. The van der Waals surface area contributed by atoms with Crippen molar-refractivity contribution in [1.82, 2.24) is 4.98 Å². The Balaban J connectivity index is 1.62. The summed E-state index contributed by atoms with van der Waals surface area (Å²) in [5, 5.41) is 4.50. The van der Waals surface area contributed by atoms with E-state index in [-0.39, 0.29) is 11.7 Å². The van der Waals surface area contributed by atoms with Crippen LogP contribution in [-0.4, -0.2) is 17.3 Å². The predicted molar refractivity (Wildman–Crippen MR) is 99.2 cm³/mol. The molecule has 0 saturated carbocycles. The molecule has 0 atom stereocenters. The predicted octanol–water partition coefficient (Wildman–Crippen LogP) is 5.59. The van der Waals surface area contributed by atoms with Gasteiger partial charge in [0, 0.05) is 23.8 Å². The number of anilines is 1. The highest BCUT2D eigenvalue weighted by molar-refractivity contribution is 8.00. The number of hydrogen-bond acceptors (Lipinski definition) is 5. The Kier molecular flexibility index (Phi) is 6.02. The minimum absolute atomic E-state index is 0.321. The molecule has 0 aliphatic rings. The van der Waals surface area contributed by atoms with Crippen LogP contribution in [0.5, 0.6) is 5.75 Å². The van der Waals surface area contributed by atoms with Gasteiger partial charge in [-0.25, -0.2) is 0 Å². The first-order valence-corrected chi connectivity index (χ1v) is 9.53. The topological polar surface area (TPSA) is 51.2 Å². The molecule has 0 fully saturated rings. The van der Waals surface area contributed by atoms with Gasteiger partial charge in [-0.3, -0.25) is 9.78 Å². The Labute approximate surface area is 161 Å². The molecule has 1 amide bonds. The largest absolute Gasteiger partial charge is 0.573 e. The number of thiophene rings is 1. The van der Waals surface area contributed by atoms with E-state index in [2.05, 4.69) is 15.0 Å². The van der Waals surface area contributed by atoms with Crippen molar-refractivity contribution in [2.75, 3.05) is 5.32 Å². The van der Waals surface area contributed by atoms with Gasteiger partial charge in [-0.1, -0.05) is 0 Å². The van der Waals surface area contributed by atoms with Gasteiger partial charge in [0.05, 0.1) is 9.77 Å². The van der Waals surface area contributed by atoms with E-state index in [0.29, 0.717) is 17.0 Å². The quantitative estimate of drug-likeness (QED) is 0.539. The number of carbonyl (C=O) groups excluding carboxylic acids is 1.